The number of fused-ring (bicyclic) bond motifs is 6. The fraction of sp³-hybridized carbons (Fsp3) is 0.538. The van der Waals surface area contributed by atoms with Crippen LogP contribution in [0, 0.1) is 5.92 Å². The average molecular weight is 530 g/mol. The normalized spacial score (nSPS) is 23.1. The number of anilines is 2. The maximum atomic E-state index is 13.4. The zero-order valence-electron chi connectivity index (χ0n) is 22.2. The van der Waals surface area contributed by atoms with Gasteiger partial charge in [-0.3, -0.25) is 4.79 Å². The molecular formula is C26H35N5O5S. The van der Waals surface area contributed by atoms with Crippen LogP contribution in [0.5, 0.6) is 0 Å². The van der Waals surface area contributed by atoms with Crippen LogP contribution < -0.4 is 14.9 Å². The minimum absolute atomic E-state index is 0.182. The van der Waals surface area contributed by atoms with Crippen LogP contribution in [0.15, 0.2) is 35.4 Å². The molecule has 1 fully saturated rings. The Bertz CT molecular complexity index is 1320. The SMILES string of the molecule is COC(=O)C1CC[C@@H]2CN(c3nc(C(C)(C)C)ccc3C(=O)NS(=O)(=O)c3cccc(n3)N1)C(C)(C)C2. The lowest BCUT2D eigenvalue weighted by molar-refractivity contribution is -0.141. The second kappa shape index (κ2) is 9.59. The average Bonchev–Trinajstić information content (AvgIpc) is 3.13. The van der Waals surface area contributed by atoms with Gasteiger partial charge < -0.3 is 15.0 Å². The minimum Gasteiger partial charge on any atom is -0.467 e. The molecule has 2 aliphatic heterocycles. The summed E-state index contributed by atoms with van der Waals surface area (Å²) in [7, 11) is -2.99. The quantitative estimate of drug-likeness (QED) is 0.535. The maximum Gasteiger partial charge on any atom is 0.328 e. The topological polar surface area (TPSA) is 131 Å². The highest BCUT2D eigenvalue weighted by atomic mass is 32.2. The van der Waals surface area contributed by atoms with Crippen LogP contribution in [0.4, 0.5) is 11.6 Å². The van der Waals surface area contributed by atoms with Gasteiger partial charge in [-0.1, -0.05) is 26.8 Å². The zero-order valence-corrected chi connectivity index (χ0v) is 23.0. The van der Waals surface area contributed by atoms with Gasteiger partial charge in [0.2, 0.25) is 0 Å². The minimum atomic E-state index is -4.31. The van der Waals surface area contributed by atoms with E-state index >= 15 is 0 Å². The Kier molecular flexibility index (Phi) is 6.96. The maximum absolute atomic E-state index is 13.4. The Morgan fingerprint density at radius 2 is 1.86 bits per heavy atom. The molecule has 37 heavy (non-hydrogen) atoms. The van der Waals surface area contributed by atoms with E-state index in [1.54, 1.807) is 18.2 Å². The van der Waals surface area contributed by atoms with Crippen molar-refractivity contribution in [2.75, 3.05) is 23.9 Å². The van der Waals surface area contributed by atoms with E-state index in [-0.39, 0.29) is 33.3 Å². The van der Waals surface area contributed by atoms with Crippen molar-refractivity contribution in [2.45, 2.75) is 75.9 Å². The van der Waals surface area contributed by atoms with Crippen molar-refractivity contribution >= 4 is 33.5 Å². The number of methoxy groups -OCH3 is 1. The van der Waals surface area contributed by atoms with Crippen LogP contribution in [0.25, 0.3) is 0 Å². The molecule has 2 atom stereocenters. The Morgan fingerprint density at radius 3 is 2.54 bits per heavy atom. The number of rotatable bonds is 1. The molecule has 1 saturated heterocycles. The number of ether oxygens (including phenoxy) is 1. The third-order valence-electron chi connectivity index (χ3n) is 7.00. The predicted molar refractivity (Wildman–Crippen MR) is 140 cm³/mol. The number of pyridine rings is 2. The second-order valence-corrected chi connectivity index (χ2v) is 13.0. The molecule has 10 nitrogen and oxygen atoms in total. The van der Waals surface area contributed by atoms with Crippen molar-refractivity contribution in [3.05, 3.63) is 41.6 Å². The molecule has 1 amide bonds. The Labute approximate surface area is 218 Å². The number of esters is 1. The van der Waals surface area contributed by atoms with Gasteiger partial charge >= 0.3 is 5.97 Å². The molecule has 2 aliphatic rings. The summed E-state index contributed by atoms with van der Waals surface area (Å²) in [6, 6.07) is 7.08. The third-order valence-corrected chi connectivity index (χ3v) is 8.23. The van der Waals surface area contributed by atoms with Crippen molar-refractivity contribution in [3.8, 4) is 0 Å². The smallest absolute Gasteiger partial charge is 0.328 e. The standard InChI is InChI=1S/C26H35N5O5S/c1-25(2,3)19-13-11-17-22(28-19)31-15-16(14-26(31,4)5)10-12-18(24(33)36-6)27-20-8-7-9-21(29-20)37(34,35)30-23(17)32/h7-9,11,13,16,18H,10,12,14-15H2,1-6H3,(H,27,29)(H,30,32)/t16-,18?/m0/s1. The summed E-state index contributed by atoms with van der Waals surface area (Å²) in [4.78, 5) is 37.1. The summed E-state index contributed by atoms with van der Waals surface area (Å²) in [6.45, 7) is 10.9. The molecule has 0 aliphatic carbocycles. The molecule has 2 N–H and O–H groups in total. The molecule has 200 valence electrons. The molecule has 4 bridgehead atoms. The van der Waals surface area contributed by atoms with Gasteiger partial charge in [-0.05, 0) is 63.3 Å². The number of nitrogens with zero attached hydrogens (tertiary/aromatic N) is 3. The highest BCUT2D eigenvalue weighted by molar-refractivity contribution is 7.90. The molecule has 1 unspecified atom stereocenters. The number of aromatic nitrogens is 2. The van der Waals surface area contributed by atoms with E-state index in [1.807, 2.05) is 20.8 Å². The fourth-order valence-corrected chi connectivity index (χ4v) is 5.98. The van der Waals surface area contributed by atoms with Gasteiger partial charge in [-0.15, -0.1) is 0 Å². The molecule has 4 heterocycles. The highest BCUT2D eigenvalue weighted by Gasteiger charge is 2.41. The molecule has 2 aromatic rings. The fourth-order valence-electron chi connectivity index (χ4n) is 5.05. The first-order valence-electron chi connectivity index (χ1n) is 12.4. The Morgan fingerprint density at radius 1 is 1.14 bits per heavy atom. The number of sulfonamides is 1. The zero-order chi connectivity index (χ0) is 27.2. The number of carbonyl (C=O) groups excluding carboxylic acids is 2. The first kappa shape index (κ1) is 26.8. The van der Waals surface area contributed by atoms with E-state index in [9.17, 15) is 18.0 Å². The monoisotopic (exact) mass is 529 g/mol. The first-order valence-corrected chi connectivity index (χ1v) is 13.9. The molecule has 0 saturated carbocycles. The van der Waals surface area contributed by atoms with Crippen LogP contribution in [0.1, 0.15) is 69.9 Å². The third kappa shape index (κ3) is 5.56. The number of amides is 1. The van der Waals surface area contributed by atoms with Crippen molar-refractivity contribution in [1.82, 2.24) is 14.7 Å². The second-order valence-electron chi connectivity index (χ2n) is 11.4. The van der Waals surface area contributed by atoms with Gasteiger partial charge in [-0.2, -0.15) is 8.42 Å². The van der Waals surface area contributed by atoms with Gasteiger partial charge in [0.05, 0.1) is 12.7 Å². The summed E-state index contributed by atoms with van der Waals surface area (Å²) in [5.74, 6) is -0.362. The van der Waals surface area contributed by atoms with E-state index in [0.717, 1.165) is 12.1 Å². The van der Waals surface area contributed by atoms with E-state index in [0.29, 0.717) is 25.2 Å². The molecular weight excluding hydrogens is 494 g/mol. The van der Waals surface area contributed by atoms with Crippen LogP contribution in [0.2, 0.25) is 0 Å². The summed E-state index contributed by atoms with van der Waals surface area (Å²) >= 11 is 0. The molecule has 2 aromatic heterocycles. The lowest BCUT2D eigenvalue weighted by Crippen LogP contribution is -2.41. The number of hydrogen-bond acceptors (Lipinski definition) is 9. The van der Waals surface area contributed by atoms with Crippen molar-refractivity contribution in [3.63, 3.8) is 0 Å². The first-order chi connectivity index (χ1) is 17.2. The largest absolute Gasteiger partial charge is 0.467 e. The number of hydrogen-bond donors (Lipinski definition) is 2. The Balaban J connectivity index is 1.86. The molecule has 0 aromatic carbocycles. The van der Waals surface area contributed by atoms with E-state index < -0.39 is 27.9 Å². The van der Waals surface area contributed by atoms with Crippen LogP contribution in [0.3, 0.4) is 0 Å². The van der Waals surface area contributed by atoms with E-state index in [2.05, 4.69) is 33.8 Å². The summed E-state index contributed by atoms with van der Waals surface area (Å²) in [5.41, 5.74) is 0.353. The number of nitrogens with one attached hydrogen (secondary N) is 2. The summed E-state index contributed by atoms with van der Waals surface area (Å²) in [6.07, 6.45) is 2.00. The highest BCUT2D eigenvalue weighted by Crippen LogP contribution is 2.40. The van der Waals surface area contributed by atoms with Gasteiger partial charge in [-0.25, -0.2) is 19.5 Å². The predicted octanol–water partition coefficient (Wildman–Crippen LogP) is 3.25. The molecule has 0 spiro atoms. The van der Waals surface area contributed by atoms with Gasteiger partial charge in [0, 0.05) is 23.2 Å². The van der Waals surface area contributed by atoms with Crippen molar-refractivity contribution < 1.29 is 22.7 Å². The summed E-state index contributed by atoms with van der Waals surface area (Å²) < 4.78 is 33.5. The van der Waals surface area contributed by atoms with Crippen molar-refractivity contribution in [2.24, 2.45) is 5.92 Å². The Hall–Kier alpha value is -3.21. The molecule has 0 radical (unpaired) electrons. The molecule has 11 heteroatoms. The lowest BCUT2D eigenvalue weighted by Gasteiger charge is -2.34. The van der Waals surface area contributed by atoms with Crippen LogP contribution in [-0.4, -0.2) is 55.5 Å². The van der Waals surface area contributed by atoms with E-state index in [1.165, 1.54) is 19.2 Å². The van der Waals surface area contributed by atoms with Crippen molar-refractivity contribution in [1.29, 1.82) is 0 Å². The van der Waals surface area contributed by atoms with Gasteiger partial charge in [0.1, 0.15) is 17.7 Å². The van der Waals surface area contributed by atoms with Crippen LogP contribution >= 0.6 is 0 Å². The van der Waals surface area contributed by atoms with Crippen LogP contribution in [-0.2, 0) is 25.0 Å². The van der Waals surface area contributed by atoms with E-state index in [4.69, 9.17) is 9.72 Å². The number of carbonyl (C=O) groups is 2. The lowest BCUT2D eigenvalue weighted by atomic mass is 9.91. The van der Waals surface area contributed by atoms with Gasteiger partial charge in [0.25, 0.3) is 15.9 Å². The van der Waals surface area contributed by atoms with Gasteiger partial charge in [0.15, 0.2) is 5.03 Å². The summed E-state index contributed by atoms with van der Waals surface area (Å²) in [5, 5.41) is 2.68. The molecule has 4 rings (SSSR count).